The molecule has 17 aromatic rings. The summed E-state index contributed by atoms with van der Waals surface area (Å²) in [6.45, 7) is 0. The number of aromatic nitrogens is 3. The van der Waals surface area contributed by atoms with Gasteiger partial charge in [-0.25, -0.2) is 15.0 Å². The molecule has 0 fully saturated rings. The summed E-state index contributed by atoms with van der Waals surface area (Å²) in [5.74, 6) is 1.81. The van der Waals surface area contributed by atoms with E-state index in [-0.39, 0.29) is 0 Å². The molecule has 0 N–H and O–H groups in total. The lowest BCUT2D eigenvalue weighted by atomic mass is 9.70. The van der Waals surface area contributed by atoms with E-state index in [1.807, 2.05) is 0 Å². The third kappa shape index (κ3) is 11.1. The summed E-state index contributed by atoms with van der Waals surface area (Å²) < 4.78 is 0. The minimum absolute atomic E-state index is 0.392. The van der Waals surface area contributed by atoms with E-state index in [4.69, 9.17) is 15.0 Å². The maximum absolute atomic E-state index is 5.24. The molecule has 0 aliphatic heterocycles. The van der Waals surface area contributed by atoms with Crippen molar-refractivity contribution in [3.8, 4) is 168 Å². The Morgan fingerprint density at radius 3 is 0.583 bits per heavy atom. The molecule has 16 aromatic carbocycles. The van der Waals surface area contributed by atoms with Crippen LogP contribution in [-0.4, -0.2) is 15.0 Å². The molecule has 0 radical (unpaired) electrons. The molecule has 0 saturated heterocycles. The van der Waals surface area contributed by atoms with E-state index in [9.17, 15) is 0 Å². The van der Waals surface area contributed by atoms with Gasteiger partial charge in [0.1, 0.15) is 0 Å². The van der Waals surface area contributed by atoms with E-state index >= 15 is 0 Å². The average Bonchev–Trinajstić information content (AvgIpc) is 1.51. The second kappa shape index (κ2) is 25.7. The monoisotopic (exact) mass is 1310 g/mol. The van der Waals surface area contributed by atoms with E-state index in [0.717, 1.165) is 72.3 Å². The molecule has 1 spiro atoms. The van der Waals surface area contributed by atoms with Crippen molar-refractivity contribution < 1.29 is 0 Å². The van der Waals surface area contributed by atoms with Crippen molar-refractivity contribution in [2.45, 2.75) is 5.41 Å². The Morgan fingerprint density at radius 1 is 0.126 bits per heavy atom. The normalized spacial score (nSPS) is 12.2. The molecule has 0 saturated carbocycles. The summed E-state index contributed by atoms with van der Waals surface area (Å²) in [5, 5.41) is 0. The molecule has 19 rings (SSSR count). The Balaban J connectivity index is 0.604. The molecule has 0 unspecified atom stereocenters. The summed E-state index contributed by atoms with van der Waals surface area (Å²) >= 11 is 0. The fourth-order valence-electron chi connectivity index (χ4n) is 15.9. The molecule has 0 bridgehead atoms. The topological polar surface area (TPSA) is 38.7 Å². The summed E-state index contributed by atoms with van der Waals surface area (Å²) in [5.41, 5.74) is 36.2. The van der Waals surface area contributed by atoms with Crippen LogP contribution in [0.1, 0.15) is 22.3 Å². The maximum atomic E-state index is 5.24. The van der Waals surface area contributed by atoms with Crippen LogP contribution >= 0.6 is 0 Å². The van der Waals surface area contributed by atoms with Gasteiger partial charge >= 0.3 is 0 Å². The molecule has 0 amide bonds. The summed E-state index contributed by atoms with van der Waals surface area (Å²) in [7, 11) is 0. The Bertz CT molecular complexity index is 6030. The van der Waals surface area contributed by atoms with Gasteiger partial charge in [-0.1, -0.05) is 346 Å². The lowest BCUT2D eigenvalue weighted by Gasteiger charge is -2.30. The number of rotatable bonds is 13. The number of hydrogen-bond donors (Lipinski definition) is 0. The first kappa shape index (κ1) is 60.7. The summed E-state index contributed by atoms with van der Waals surface area (Å²) in [4.78, 5) is 15.7. The Kier molecular flexibility index (Phi) is 15.1. The van der Waals surface area contributed by atoms with E-state index < -0.39 is 5.41 Å². The van der Waals surface area contributed by atoms with Crippen LogP contribution in [0.2, 0.25) is 0 Å². The zero-order valence-electron chi connectivity index (χ0n) is 56.4. The minimum Gasteiger partial charge on any atom is -0.208 e. The molecule has 2 aliphatic carbocycles. The average molecular weight is 1310 g/mol. The van der Waals surface area contributed by atoms with Gasteiger partial charge < -0.3 is 0 Å². The van der Waals surface area contributed by atoms with Crippen molar-refractivity contribution in [3.63, 3.8) is 0 Å². The molecule has 103 heavy (non-hydrogen) atoms. The molecule has 1 heterocycles. The molecule has 3 nitrogen and oxygen atoms in total. The number of nitrogens with zero attached hydrogens (tertiary/aromatic N) is 3. The Labute approximate surface area is 600 Å². The van der Waals surface area contributed by atoms with Gasteiger partial charge in [0.2, 0.25) is 0 Å². The van der Waals surface area contributed by atoms with Crippen molar-refractivity contribution in [1.29, 1.82) is 0 Å². The summed E-state index contributed by atoms with van der Waals surface area (Å²) in [6.07, 6.45) is 0. The van der Waals surface area contributed by atoms with Crippen LogP contribution in [0.5, 0.6) is 0 Å². The van der Waals surface area contributed by atoms with E-state index in [1.54, 1.807) is 0 Å². The van der Waals surface area contributed by atoms with Gasteiger partial charge in [0.05, 0.1) is 5.41 Å². The van der Waals surface area contributed by atoms with Gasteiger partial charge in [-0.15, -0.1) is 0 Å². The number of hydrogen-bond acceptors (Lipinski definition) is 3. The zero-order chi connectivity index (χ0) is 68.2. The van der Waals surface area contributed by atoms with E-state index in [2.05, 4.69) is 394 Å². The van der Waals surface area contributed by atoms with Gasteiger partial charge in [-0.05, 0) is 204 Å². The molecular weight excluding hydrogens is 1240 g/mol. The lowest BCUT2D eigenvalue weighted by Crippen LogP contribution is -2.25. The first-order valence-electron chi connectivity index (χ1n) is 35.3. The first-order valence-corrected chi connectivity index (χ1v) is 35.3. The highest BCUT2D eigenvalue weighted by Crippen LogP contribution is 2.63. The van der Waals surface area contributed by atoms with Crippen molar-refractivity contribution in [2.75, 3.05) is 0 Å². The maximum Gasteiger partial charge on any atom is 0.164 e. The predicted molar refractivity (Wildman–Crippen MR) is 427 cm³/mol. The smallest absolute Gasteiger partial charge is 0.164 e. The van der Waals surface area contributed by atoms with Crippen LogP contribution in [0.4, 0.5) is 0 Å². The zero-order valence-corrected chi connectivity index (χ0v) is 56.4. The lowest BCUT2D eigenvalue weighted by molar-refractivity contribution is 0.794. The van der Waals surface area contributed by atoms with Crippen LogP contribution in [0.25, 0.3) is 168 Å². The number of fused-ring (bicyclic) bond motifs is 10. The predicted octanol–water partition coefficient (Wildman–Crippen LogP) is 25.9. The van der Waals surface area contributed by atoms with Crippen LogP contribution in [-0.2, 0) is 5.41 Å². The van der Waals surface area contributed by atoms with Gasteiger partial charge in [0.15, 0.2) is 17.5 Å². The molecule has 0 atom stereocenters. The van der Waals surface area contributed by atoms with Crippen LogP contribution < -0.4 is 0 Å². The molecular formula is C100H65N3. The van der Waals surface area contributed by atoms with E-state index in [1.165, 1.54) is 100 Å². The minimum atomic E-state index is -0.392. The fraction of sp³-hybridized carbons (Fsp3) is 0.0100. The molecule has 3 heteroatoms. The molecule has 480 valence electrons. The highest BCUT2D eigenvalue weighted by atomic mass is 15.0. The van der Waals surface area contributed by atoms with Crippen molar-refractivity contribution in [1.82, 2.24) is 15.0 Å². The first-order chi connectivity index (χ1) is 51.0. The number of benzene rings is 16. The summed E-state index contributed by atoms with van der Waals surface area (Å²) in [6, 6.07) is 143. The highest BCUT2D eigenvalue weighted by Gasteiger charge is 2.51. The van der Waals surface area contributed by atoms with Crippen molar-refractivity contribution in [3.05, 3.63) is 417 Å². The SMILES string of the molecule is c1ccc(-c2cccc(-c3ccc(-c4nc(-c5ccc(-c6cccc(-c7cccc(-c8ccccc8)c7)c6)cc5)nc(-c5ccc(-c6cccc(-c7cccc(-c8cccc(-c9cccc(-c%10ccc%11c(c%10)C%10(c%12ccccc%12-c%12ccccc%12%10)c%10ccccc%10-%11)c9)c8)c7)c6)cc5)n4)cc3)c2)cc1. The second-order valence-electron chi connectivity index (χ2n) is 27.0. The van der Waals surface area contributed by atoms with Gasteiger partial charge in [0, 0.05) is 16.7 Å². The van der Waals surface area contributed by atoms with Crippen LogP contribution in [0, 0.1) is 0 Å². The van der Waals surface area contributed by atoms with Crippen molar-refractivity contribution >= 4 is 0 Å². The van der Waals surface area contributed by atoms with Gasteiger partial charge in [-0.3, -0.25) is 0 Å². The second-order valence-corrected chi connectivity index (χ2v) is 27.0. The van der Waals surface area contributed by atoms with Crippen LogP contribution in [0.3, 0.4) is 0 Å². The van der Waals surface area contributed by atoms with Crippen molar-refractivity contribution in [2.24, 2.45) is 0 Å². The van der Waals surface area contributed by atoms with Gasteiger partial charge in [-0.2, -0.15) is 0 Å². The Hall–Kier alpha value is -13.5. The quantitative estimate of drug-likeness (QED) is 0.115. The third-order valence-electron chi connectivity index (χ3n) is 21.0. The van der Waals surface area contributed by atoms with Crippen LogP contribution in [0.15, 0.2) is 394 Å². The standard InChI is InChI=1S/C100H65N3/c1-3-20-66(21-4-1)74-24-13-26-76(58-74)68-44-50-71(51-45-68)97-101-98(72-52-46-69(47-53-72)77-27-15-30-80(60-77)79-29-14-25-75(59-79)67-22-5-2-6-23-67)103-99(102-97)73-54-48-70(49-55-73)78-28-16-31-81(61-78)82-32-17-33-83(62-82)84-34-18-35-85(63-84)86-36-19-37-87(64-86)88-56-57-92-91-40-9-12-43-95(91)100(96(92)65-88)93-41-10-7-38-89(93)90-39-8-11-42-94(90)100/h1-65H. The highest BCUT2D eigenvalue weighted by molar-refractivity contribution is 5.96. The molecule has 2 aliphatic rings. The van der Waals surface area contributed by atoms with Gasteiger partial charge in [0.25, 0.3) is 0 Å². The molecule has 1 aromatic heterocycles. The Morgan fingerprint density at radius 2 is 0.311 bits per heavy atom. The third-order valence-corrected chi connectivity index (χ3v) is 21.0. The fourth-order valence-corrected chi connectivity index (χ4v) is 15.9. The van der Waals surface area contributed by atoms with E-state index in [0.29, 0.717) is 17.5 Å². The largest absolute Gasteiger partial charge is 0.208 e.